The van der Waals surface area contributed by atoms with Gasteiger partial charge in [0.15, 0.2) is 9.84 Å². The quantitative estimate of drug-likeness (QED) is 0.915. The maximum atomic E-state index is 12.9. The predicted molar refractivity (Wildman–Crippen MR) is 65.4 cm³/mol. The lowest BCUT2D eigenvalue weighted by Crippen LogP contribution is -2.32. The van der Waals surface area contributed by atoms with Crippen LogP contribution in [0.3, 0.4) is 0 Å². The molecule has 1 rings (SSSR count). The Hall–Kier alpha value is -0.650. The molecule has 0 bridgehead atoms. The first-order valence-corrected chi connectivity index (χ1v) is 7.36. The molecule has 0 fully saturated rings. The maximum absolute atomic E-state index is 12.9. The molecule has 0 aliphatic heterocycles. The van der Waals surface area contributed by atoms with Crippen molar-refractivity contribution in [1.29, 1.82) is 0 Å². The molecule has 17 heavy (non-hydrogen) atoms. The molecule has 0 aromatic heterocycles. The Labute approximate surface area is 105 Å². The largest absolute Gasteiger partial charge is 0.391 e. The first-order valence-electron chi connectivity index (χ1n) is 5.02. The third kappa shape index (κ3) is 3.94. The highest BCUT2D eigenvalue weighted by atomic mass is 35.5. The highest BCUT2D eigenvalue weighted by Gasteiger charge is 2.24. The summed E-state index contributed by atoms with van der Waals surface area (Å²) in [5.41, 5.74) is 0.597. The van der Waals surface area contributed by atoms with Crippen LogP contribution in [-0.4, -0.2) is 31.1 Å². The molecule has 2 atom stereocenters. The molecule has 0 aliphatic rings. The van der Waals surface area contributed by atoms with Crippen LogP contribution < -0.4 is 0 Å². The van der Waals surface area contributed by atoms with E-state index in [1.165, 1.54) is 25.1 Å². The zero-order chi connectivity index (χ0) is 13.2. The third-order valence-electron chi connectivity index (χ3n) is 2.65. The van der Waals surface area contributed by atoms with Crippen LogP contribution in [0.1, 0.15) is 12.5 Å². The molecule has 0 spiro atoms. The molecule has 0 amide bonds. The van der Waals surface area contributed by atoms with Gasteiger partial charge in [0.05, 0.1) is 16.4 Å². The third-order valence-corrected chi connectivity index (χ3v) is 4.60. The summed E-state index contributed by atoms with van der Waals surface area (Å²) in [5, 5.41) is 8.84. The number of aliphatic hydroxyl groups excluding tert-OH is 1. The van der Waals surface area contributed by atoms with E-state index in [0.29, 0.717) is 5.56 Å². The van der Waals surface area contributed by atoms with Crippen molar-refractivity contribution in [2.45, 2.75) is 24.7 Å². The van der Waals surface area contributed by atoms with Crippen LogP contribution in [0.5, 0.6) is 0 Å². The number of hydrogen-bond donors (Lipinski definition) is 1. The summed E-state index contributed by atoms with van der Waals surface area (Å²) in [6.07, 6.45) is 0.152. The minimum absolute atomic E-state index is 0.0401. The average molecular weight is 281 g/mol. The van der Waals surface area contributed by atoms with Crippen molar-refractivity contribution in [2.75, 3.05) is 6.26 Å². The maximum Gasteiger partial charge on any atom is 0.152 e. The van der Waals surface area contributed by atoms with Gasteiger partial charge in [0, 0.05) is 6.26 Å². The molecule has 3 nitrogen and oxygen atoms in total. The van der Waals surface area contributed by atoms with Gasteiger partial charge in [-0.2, -0.15) is 0 Å². The molecule has 1 aromatic rings. The van der Waals surface area contributed by atoms with Crippen molar-refractivity contribution in [1.82, 2.24) is 0 Å². The van der Waals surface area contributed by atoms with Crippen LogP contribution in [0.4, 0.5) is 4.39 Å². The Kier molecular flexibility index (Phi) is 4.52. The van der Waals surface area contributed by atoms with E-state index in [9.17, 15) is 17.9 Å². The van der Waals surface area contributed by atoms with Crippen LogP contribution in [0.25, 0.3) is 0 Å². The molecule has 0 radical (unpaired) electrons. The Balaban J connectivity index is 2.81. The smallest absolute Gasteiger partial charge is 0.152 e. The van der Waals surface area contributed by atoms with E-state index < -0.39 is 27.0 Å². The van der Waals surface area contributed by atoms with E-state index in [-0.39, 0.29) is 11.4 Å². The second kappa shape index (κ2) is 5.33. The number of sulfone groups is 1. The zero-order valence-corrected chi connectivity index (χ0v) is 11.1. The van der Waals surface area contributed by atoms with Crippen molar-refractivity contribution < 1.29 is 17.9 Å². The number of hydrogen-bond acceptors (Lipinski definition) is 3. The fraction of sp³-hybridized carbons (Fsp3) is 0.455. The number of halogens is 2. The lowest BCUT2D eigenvalue weighted by molar-refractivity contribution is 0.173. The Morgan fingerprint density at radius 1 is 1.47 bits per heavy atom. The molecule has 2 unspecified atom stereocenters. The second-order valence-corrected chi connectivity index (χ2v) is 6.86. The van der Waals surface area contributed by atoms with E-state index in [1.807, 2.05) is 0 Å². The highest BCUT2D eigenvalue weighted by Crippen LogP contribution is 2.18. The molecule has 1 N–H and O–H groups in total. The summed E-state index contributed by atoms with van der Waals surface area (Å²) >= 11 is 5.59. The van der Waals surface area contributed by atoms with Gasteiger partial charge >= 0.3 is 0 Å². The van der Waals surface area contributed by atoms with E-state index in [4.69, 9.17) is 11.6 Å². The van der Waals surface area contributed by atoms with Crippen LogP contribution >= 0.6 is 11.6 Å². The van der Waals surface area contributed by atoms with Crippen LogP contribution in [0, 0.1) is 5.82 Å². The Morgan fingerprint density at radius 2 is 2.06 bits per heavy atom. The topological polar surface area (TPSA) is 54.4 Å². The lowest BCUT2D eigenvalue weighted by Gasteiger charge is -2.17. The van der Waals surface area contributed by atoms with E-state index in [2.05, 4.69) is 0 Å². The molecular formula is C11H14ClFO3S. The molecule has 1 aromatic carbocycles. The molecule has 96 valence electrons. The SMILES string of the molecule is CC(C(O)Cc1ccc(F)c(Cl)c1)S(C)(=O)=O. The fourth-order valence-electron chi connectivity index (χ4n) is 1.36. The van der Waals surface area contributed by atoms with Crippen molar-refractivity contribution in [3.8, 4) is 0 Å². The summed E-state index contributed by atoms with van der Waals surface area (Å²) in [6.45, 7) is 1.44. The number of rotatable bonds is 4. The predicted octanol–water partition coefficient (Wildman–Crippen LogP) is 1.82. The van der Waals surface area contributed by atoms with E-state index in [0.717, 1.165) is 6.26 Å². The summed E-state index contributed by atoms with van der Waals surface area (Å²) in [7, 11) is -3.30. The van der Waals surface area contributed by atoms with Gasteiger partial charge in [-0.05, 0) is 31.0 Å². The Bertz CT molecular complexity index is 501. The minimum Gasteiger partial charge on any atom is -0.391 e. The van der Waals surface area contributed by atoms with Crippen molar-refractivity contribution in [3.63, 3.8) is 0 Å². The molecule has 6 heteroatoms. The van der Waals surface area contributed by atoms with Gasteiger partial charge in [-0.1, -0.05) is 17.7 Å². The molecule has 0 aliphatic carbocycles. The van der Waals surface area contributed by atoms with Crippen molar-refractivity contribution in [3.05, 3.63) is 34.6 Å². The lowest BCUT2D eigenvalue weighted by atomic mass is 10.1. The van der Waals surface area contributed by atoms with E-state index in [1.54, 1.807) is 0 Å². The average Bonchev–Trinajstić information content (AvgIpc) is 2.21. The zero-order valence-electron chi connectivity index (χ0n) is 9.52. The van der Waals surface area contributed by atoms with Crippen LogP contribution in [-0.2, 0) is 16.3 Å². The van der Waals surface area contributed by atoms with Gasteiger partial charge < -0.3 is 5.11 Å². The summed E-state index contributed by atoms with van der Waals surface area (Å²) < 4.78 is 35.4. The summed E-state index contributed by atoms with van der Waals surface area (Å²) in [5.74, 6) is -0.541. The van der Waals surface area contributed by atoms with Gasteiger partial charge in [0.2, 0.25) is 0 Å². The highest BCUT2D eigenvalue weighted by molar-refractivity contribution is 7.91. The van der Waals surface area contributed by atoms with Gasteiger partial charge in [0.1, 0.15) is 5.82 Å². The normalized spacial score (nSPS) is 15.6. The first-order chi connectivity index (χ1) is 7.71. The number of benzene rings is 1. The molecule has 0 saturated heterocycles. The van der Waals surface area contributed by atoms with Gasteiger partial charge in [-0.3, -0.25) is 0 Å². The summed E-state index contributed by atoms with van der Waals surface area (Å²) in [4.78, 5) is 0. The Morgan fingerprint density at radius 3 is 2.53 bits per heavy atom. The van der Waals surface area contributed by atoms with Gasteiger partial charge in [-0.25, -0.2) is 12.8 Å². The van der Waals surface area contributed by atoms with Crippen LogP contribution in [0.15, 0.2) is 18.2 Å². The van der Waals surface area contributed by atoms with Crippen molar-refractivity contribution in [2.24, 2.45) is 0 Å². The standard InChI is InChI=1S/C11H14ClFO3S/c1-7(17(2,15)16)11(14)6-8-3-4-10(13)9(12)5-8/h3-5,7,11,14H,6H2,1-2H3. The fourth-order valence-corrected chi connectivity index (χ4v) is 2.23. The minimum atomic E-state index is -3.30. The first kappa shape index (κ1) is 14.4. The van der Waals surface area contributed by atoms with Crippen LogP contribution in [0.2, 0.25) is 5.02 Å². The molecular weight excluding hydrogens is 267 g/mol. The van der Waals surface area contributed by atoms with Gasteiger partial charge in [-0.15, -0.1) is 0 Å². The second-order valence-electron chi connectivity index (χ2n) is 4.05. The monoisotopic (exact) mass is 280 g/mol. The molecule has 0 heterocycles. The van der Waals surface area contributed by atoms with Crippen molar-refractivity contribution >= 4 is 21.4 Å². The summed E-state index contributed by atoms with van der Waals surface area (Å²) in [6, 6.07) is 4.05. The van der Waals surface area contributed by atoms with Gasteiger partial charge in [0.25, 0.3) is 0 Å². The number of aliphatic hydroxyl groups is 1. The van der Waals surface area contributed by atoms with E-state index >= 15 is 0 Å². The molecule has 0 saturated carbocycles.